The molecule has 0 aromatic heterocycles. The number of rotatable bonds is 7. The average molecular weight is 352 g/mol. The second-order valence-corrected chi connectivity index (χ2v) is 7.68. The minimum Gasteiger partial charge on any atom is -0.478 e. The zero-order valence-corrected chi connectivity index (χ0v) is 14.4. The highest BCUT2D eigenvalue weighted by molar-refractivity contribution is 7.89. The molecular weight excluding hydrogens is 328 g/mol. The summed E-state index contributed by atoms with van der Waals surface area (Å²) in [4.78, 5) is 11.2. The average Bonchev–Trinajstić information content (AvgIpc) is 2.80. The second-order valence-electron chi connectivity index (χ2n) is 6.00. The molecule has 0 spiro atoms. The van der Waals surface area contributed by atoms with E-state index in [2.05, 4.69) is 16.6 Å². The number of carbonyl (C=O) groups is 1. The van der Waals surface area contributed by atoms with E-state index < -0.39 is 16.0 Å². The normalized spacial score (nSPS) is 16.3. The van der Waals surface area contributed by atoms with Crippen molar-refractivity contribution in [1.29, 1.82) is 0 Å². The summed E-state index contributed by atoms with van der Waals surface area (Å²) in [5, 5.41) is 12.1. The molecule has 0 amide bonds. The third-order valence-corrected chi connectivity index (χ3v) is 5.69. The van der Waals surface area contributed by atoms with Gasteiger partial charge < -0.3 is 10.4 Å². The Morgan fingerprint density at radius 3 is 2.50 bits per heavy atom. The van der Waals surface area contributed by atoms with Gasteiger partial charge in [-0.15, -0.1) is 6.58 Å². The van der Waals surface area contributed by atoms with Crippen molar-refractivity contribution in [1.82, 2.24) is 4.72 Å². The Balaban J connectivity index is 2.32. The Bertz CT molecular complexity index is 693. The Hall–Kier alpha value is -1.86. The fourth-order valence-corrected chi connectivity index (χ4v) is 4.40. The Labute approximate surface area is 143 Å². The molecule has 0 bridgehead atoms. The lowest BCUT2D eigenvalue weighted by molar-refractivity contribution is 0.0696. The number of hydrogen-bond donors (Lipinski definition) is 3. The Kier molecular flexibility index (Phi) is 6.39. The summed E-state index contributed by atoms with van der Waals surface area (Å²) in [6, 6.07) is 3.97. The highest BCUT2D eigenvalue weighted by Gasteiger charge is 2.24. The molecule has 132 valence electrons. The van der Waals surface area contributed by atoms with E-state index in [-0.39, 0.29) is 16.5 Å². The largest absolute Gasteiger partial charge is 0.478 e. The highest BCUT2D eigenvalue weighted by Crippen LogP contribution is 2.25. The zero-order chi connectivity index (χ0) is 17.6. The van der Waals surface area contributed by atoms with Gasteiger partial charge in [-0.05, 0) is 31.0 Å². The number of benzene rings is 1. The van der Waals surface area contributed by atoms with Gasteiger partial charge in [-0.1, -0.05) is 31.8 Å². The van der Waals surface area contributed by atoms with Crippen LogP contribution in [-0.4, -0.2) is 32.1 Å². The van der Waals surface area contributed by atoms with Crippen LogP contribution in [0.5, 0.6) is 0 Å². The Morgan fingerprint density at radius 2 is 1.92 bits per heavy atom. The van der Waals surface area contributed by atoms with Crippen LogP contribution in [0.1, 0.15) is 48.9 Å². The number of carboxylic acid groups (broad SMARTS) is 1. The summed E-state index contributed by atoms with van der Waals surface area (Å²) in [5.41, 5.74) is 0.321. The third kappa shape index (κ3) is 4.82. The number of hydrogen-bond acceptors (Lipinski definition) is 4. The number of aromatic carboxylic acids is 1. The fourth-order valence-electron chi connectivity index (χ4n) is 2.89. The molecule has 0 radical (unpaired) electrons. The van der Waals surface area contributed by atoms with Gasteiger partial charge >= 0.3 is 5.97 Å². The summed E-state index contributed by atoms with van der Waals surface area (Å²) in [5.74, 6) is -1.16. The van der Waals surface area contributed by atoms with E-state index in [1.165, 1.54) is 18.2 Å². The van der Waals surface area contributed by atoms with Crippen molar-refractivity contribution in [3.05, 3.63) is 36.4 Å². The quantitative estimate of drug-likeness (QED) is 0.518. The predicted octanol–water partition coefficient (Wildman–Crippen LogP) is 2.98. The maximum absolute atomic E-state index is 12.8. The van der Waals surface area contributed by atoms with Gasteiger partial charge in [-0.25, -0.2) is 17.9 Å². The van der Waals surface area contributed by atoms with Crippen LogP contribution >= 0.6 is 0 Å². The summed E-state index contributed by atoms with van der Waals surface area (Å²) >= 11 is 0. The summed E-state index contributed by atoms with van der Waals surface area (Å²) in [7, 11) is -3.80. The molecular formula is C17H24N2O4S. The first-order valence-electron chi connectivity index (χ1n) is 8.18. The Morgan fingerprint density at radius 1 is 1.25 bits per heavy atom. The summed E-state index contributed by atoms with van der Waals surface area (Å²) in [6.45, 7) is 3.98. The maximum Gasteiger partial charge on any atom is 0.335 e. The molecule has 3 N–H and O–H groups in total. The van der Waals surface area contributed by atoms with Gasteiger partial charge in [-0.3, -0.25) is 0 Å². The highest BCUT2D eigenvalue weighted by atomic mass is 32.2. The van der Waals surface area contributed by atoms with Gasteiger partial charge in [0.25, 0.3) is 0 Å². The zero-order valence-electron chi connectivity index (χ0n) is 13.6. The van der Waals surface area contributed by atoms with Crippen molar-refractivity contribution in [2.24, 2.45) is 0 Å². The summed E-state index contributed by atoms with van der Waals surface area (Å²) < 4.78 is 28.4. The van der Waals surface area contributed by atoms with E-state index >= 15 is 0 Å². The number of nitrogens with one attached hydrogen (secondary N) is 2. The molecule has 1 aliphatic rings. The van der Waals surface area contributed by atoms with Gasteiger partial charge in [0.1, 0.15) is 4.90 Å². The molecule has 0 aliphatic heterocycles. The molecule has 1 fully saturated rings. The topological polar surface area (TPSA) is 95.5 Å². The van der Waals surface area contributed by atoms with Crippen LogP contribution in [0.4, 0.5) is 5.69 Å². The SMILES string of the molecule is C=CCNc1ccc(C(=O)O)cc1S(=O)(=O)NC1CCCCCC1. The van der Waals surface area contributed by atoms with Crippen LogP contribution in [0.15, 0.2) is 35.7 Å². The molecule has 2 rings (SSSR count). The number of carboxylic acids is 1. The monoisotopic (exact) mass is 352 g/mol. The van der Waals surface area contributed by atoms with Crippen molar-refractivity contribution < 1.29 is 18.3 Å². The lowest BCUT2D eigenvalue weighted by Gasteiger charge is -2.19. The predicted molar refractivity (Wildman–Crippen MR) is 93.9 cm³/mol. The number of anilines is 1. The van der Waals surface area contributed by atoms with Crippen molar-refractivity contribution in [2.45, 2.75) is 49.5 Å². The van der Waals surface area contributed by atoms with Crippen molar-refractivity contribution >= 4 is 21.7 Å². The minimum atomic E-state index is -3.80. The summed E-state index contributed by atoms with van der Waals surface area (Å²) in [6.07, 6.45) is 7.49. The molecule has 24 heavy (non-hydrogen) atoms. The molecule has 1 aliphatic carbocycles. The molecule has 0 unspecified atom stereocenters. The van der Waals surface area contributed by atoms with E-state index in [0.29, 0.717) is 12.2 Å². The molecule has 0 atom stereocenters. The molecule has 0 saturated heterocycles. The fraction of sp³-hybridized carbons (Fsp3) is 0.471. The lowest BCUT2D eigenvalue weighted by atomic mass is 10.1. The first-order chi connectivity index (χ1) is 11.4. The smallest absolute Gasteiger partial charge is 0.335 e. The third-order valence-electron chi connectivity index (χ3n) is 4.13. The lowest BCUT2D eigenvalue weighted by Crippen LogP contribution is -2.35. The van der Waals surface area contributed by atoms with E-state index in [1.54, 1.807) is 6.08 Å². The van der Waals surface area contributed by atoms with Gasteiger partial charge in [0.2, 0.25) is 10.0 Å². The molecule has 7 heteroatoms. The number of sulfonamides is 1. The second kappa shape index (κ2) is 8.30. The molecule has 1 aromatic carbocycles. The standard InChI is InChI=1S/C17H24N2O4S/c1-2-11-18-15-10-9-13(17(20)21)12-16(15)24(22,23)19-14-7-5-3-4-6-8-14/h2,9-10,12,14,18-19H,1,3-8,11H2,(H,20,21). The van der Waals surface area contributed by atoms with Crippen molar-refractivity contribution in [3.8, 4) is 0 Å². The molecule has 1 aromatic rings. The minimum absolute atomic E-state index is 0.0338. The van der Waals surface area contributed by atoms with E-state index in [4.69, 9.17) is 5.11 Å². The first-order valence-corrected chi connectivity index (χ1v) is 9.67. The van der Waals surface area contributed by atoms with Crippen molar-refractivity contribution in [2.75, 3.05) is 11.9 Å². The van der Waals surface area contributed by atoms with Gasteiger partial charge in [0.05, 0.1) is 11.3 Å². The van der Waals surface area contributed by atoms with Crippen LogP contribution in [0.25, 0.3) is 0 Å². The van der Waals surface area contributed by atoms with Crippen LogP contribution < -0.4 is 10.0 Å². The van der Waals surface area contributed by atoms with Gasteiger partial charge in [-0.2, -0.15) is 0 Å². The van der Waals surface area contributed by atoms with Crippen LogP contribution in [0, 0.1) is 0 Å². The van der Waals surface area contributed by atoms with E-state index in [1.807, 2.05) is 0 Å². The molecule has 6 nitrogen and oxygen atoms in total. The molecule has 0 heterocycles. The maximum atomic E-state index is 12.8. The van der Waals surface area contributed by atoms with E-state index in [0.717, 1.165) is 38.5 Å². The molecule has 1 saturated carbocycles. The van der Waals surface area contributed by atoms with Crippen LogP contribution in [0.3, 0.4) is 0 Å². The first kappa shape index (κ1) is 18.5. The van der Waals surface area contributed by atoms with Gasteiger partial charge in [0.15, 0.2) is 0 Å². The van der Waals surface area contributed by atoms with Crippen molar-refractivity contribution in [3.63, 3.8) is 0 Å². The van der Waals surface area contributed by atoms with Crippen LogP contribution in [-0.2, 0) is 10.0 Å². The van der Waals surface area contributed by atoms with E-state index in [9.17, 15) is 13.2 Å². The van der Waals surface area contributed by atoms with Gasteiger partial charge in [0, 0.05) is 12.6 Å². The van der Waals surface area contributed by atoms with Crippen LogP contribution in [0.2, 0.25) is 0 Å².